The Morgan fingerprint density at radius 3 is 2.43 bits per heavy atom. The highest BCUT2D eigenvalue weighted by molar-refractivity contribution is 14.1. The van der Waals surface area contributed by atoms with Gasteiger partial charge in [-0.05, 0) is 57.3 Å². The third-order valence-electron chi connectivity index (χ3n) is 3.38. The molecule has 1 amide bonds. The van der Waals surface area contributed by atoms with E-state index in [1.54, 1.807) is 6.07 Å². The van der Waals surface area contributed by atoms with Crippen molar-refractivity contribution < 1.29 is 24.5 Å². The number of carbonyl (C=O) groups is 2. The van der Waals surface area contributed by atoms with Gasteiger partial charge in [0.25, 0.3) is 5.91 Å². The van der Waals surface area contributed by atoms with Gasteiger partial charge in [0.1, 0.15) is 11.3 Å². The summed E-state index contributed by atoms with van der Waals surface area (Å²) < 4.78 is 6.49. The summed E-state index contributed by atoms with van der Waals surface area (Å²) in [4.78, 5) is 23.9. The van der Waals surface area contributed by atoms with Gasteiger partial charge in [-0.25, -0.2) is 4.79 Å². The third-order valence-corrected chi connectivity index (χ3v) is 4.83. The SMILES string of the molecule is O=C(NC1(C(=O)O)CCOCC1)c1cc(I)cc(I)c1O. The predicted molar refractivity (Wildman–Crippen MR) is 91.4 cm³/mol. The van der Waals surface area contributed by atoms with E-state index in [4.69, 9.17) is 4.74 Å². The fourth-order valence-corrected chi connectivity index (χ4v) is 3.98. The van der Waals surface area contributed by atoms with Crippen LogP contribution in [0.2, 0.25) is 0 Å². The summed E-state index contributed by atoms with van der Waals surface area (Å²) in [7, 11) is 0. The van der Waals surface area contributed by atoms with Crippen molar-refractivity contribution in [3.63, 3.8) is 0 Å². The highest BCUT2D eigenvalue weighted by Crippen LogP contribution is 2.28. The molecule has 0 saturated carbocycles. The number of aliphatic carboxylic acids is 1. The maximum atomic E-state index is 12.4. The summed E-state index contributed by atoms with van der Waals surface area (Å²) in [6.45, 7) is 0.560. The lowest BCUT2D eigenvalue weighted by Crippen LogP contribution is -2.57. The molecule has 1 aliphatic heterocycles. The second kappa shape index (κ2) is 6.65. The highest BCUT2D eigenvalue weighted by atomic mass is 127. The molecular weight excluding hydrogens is 504 g/mol. The molecule has 114 valence electrons. The zero-order valence-corrected chi connectivity index (χ0v) is 15.2. The number of phenols is 1. The molecular formula is C13H13I2NO5. The van der Waals surface area contributed by atoms with Crippen LogP contribution < -0.4 is 5.32 Å². The minimum atomic E-state index is -1.34. The van der Waals surface area contributed by atoms with Crippen LogP contribution >= 0.6 is 45.2 Å². The number of aromatic hydroxyl groups is 1. The number of benzene rings is 1. The number of nitrogens with one attached hydrogen (secondary N) is 1. The number of carbonyl (C=O) groups excluding carboxylic acids is 1. The number of carboxylic acids is 1. The van der Waals surface area contributed by atoms with Gasteiger partial charge < -0.3 is 20.3 Å². The van der Waals surface area contributed by atoms with Crippen LogP contribution in [0.1, 0.15) is 23.2 Å². The summed E-state index contributed by atoms with van der Waals surface area (Å²) in [6.07, 6.45) is 0.408. The van der Waals surface area contributed by atoms with Crippen molar-refractivity contribution in [1.82, 2.24) is 5.32 Å². The quantitative estimate of drug-likeness (QED) is 0.534. The van der Waals surface area contributed by atoms with Crippen molar-refractivity contribution in [2.45, 2.75) is 18.4 Å². The van der Waals surface area contributed by atoms with Gasteiger partial charge in [-0.2, -0.15) is 0 Å². The third kappa shape index (κ3) is 3.59. The molecule has 0 aromatic heterocycles. The number of phenolic OH excluding ortho intramolecular Hbond substituents is 1. The van der Waals surface area contributed by atoms with Gasteiger partial charge in [0.05, 0.1) is 9.13 Å². The first-order chi connectivity index (χ1) is 9.85. The molecule has 0 aliphatic carbocycles. The Kier molecular flexibility index (Phi) is 5.30. The Hall–Kier alpha value is -0.620. The Bertz CT molecular complexity index is 584. The molecule has 21 heavy (non-hydrogen) atoms. The van der Waals surface area contributed by atoms with Crippen LogP contribution in [0.4, 0.5) is 0 Å². The zero-order valence-electron chi connectivity index (χ0n) is 10.9. The summed E-state index contributed by atoms with van der Waals surface area (Å²) >= 11 is 3.96. The first kappa shape index (κ1) is 16.7. The first-order valence-electron chi connectivity index (χ1n) is 6.17. The van der Waals surface area contributed by atoms with E-state index < -0.39 is 17.4 Å². The van der Waals surface area contributed by atoms with Crippen molar-refractivity contribution in [3.05, 3.63) is 24.8 Å². The van der Waals surface area contributed by atoms with Crippen LogP contribution in [0.25, 0.3) is 0 Å². The molecule has 2 rings (SSSR count). The number of ether oxygens (including phenoxy) is 1. The lowest BCUT2D eigenvalue weighted by molar-refractivity contribution is -0.148. The molecule has 0 atom stereocenters. The number of halogens is 2. The van der Waals surface area contributed by atoms with Gasteiger partial charge in [-0.15, -0.1) is 0 Å². The van der Waals surface area contributed by atoms with Gasteiger partial charge in [-0.1, -0.05) is 0 Å². The van der Waals surface area contributed by atoms with Crippen molar-refractivity contribution in [1.29, 1.82) is 0 Å². The Balaban J connectivity index is 2.30. The number of amides is 1. The Labute approximate surface area is 148 Å². The van der Waals surface area contributed by atoms with Crippen LogP contribution in [0.5, 0.6) is 5.75 Å². The normalized spacial score (nSPS) is 17.2. The molecule has 3 N–H and O–H groups in total. The van der Waals surface area contributed by atoms with E-state index in [9.17, 15) is 19.8 Å². The fourth-order valence-electron chi connectivity index (χ4n) is 2.14. The molecule has 1 aliphatic rings. The Morgan fingerprint density at radius 1 is 1.24 bits per heavy atom. The molecule has 1 heterocycles. The van der Waals surface area contributed by atoms with Crippen molar-refractivity contribution in [2.24, 2.45) is 0 Å². The smallest absolute Gasteiger partial charge is 0.329 e. The summed E-state index contributed by atoms with van der Waals surface area (Å²) in [5.74, 6) is -1.81. The number of hydrogen-bond donors (Lipinski definition) is 3. The van der Waals surface area contributed by atoms with Crippen molar-refractivity contribution in [2.75, 3.05) is 13.2 Å². The molecule has 1 aromatic rings. The molecule has 1 saturated heterocycles. The van der Waals surface area contributed by atoms with E-state index in [0.717, 1.165) is 3.57 Å². The summed E-state index contributed by atoms with van der Waals surface area (Å²) in [5, 5.41) is 22.0. The molecule has 6 nitrogen and oxygen atoms in total. The number of carboxylic acid groups (broad SMARTS) is 1. The van der Waals surface area contributed by atoms with E-state index in [2.05, 4.69) is 5.32 Å². The summed E-state index contributed by atoms with van der Waals surface area (Å²) in [5.41, 5.74) is -1.26. The van der Waals surface area contributed by atoms with Crippen LogP contribution in [0.15, 0.2) is 12.1 Å². The van der Waals surface area contributed by atoms with E-state index in [-0.39, 0.29) is 37.4 Å². The van der Waals surface area contributed by atoms with Crippen LogP contribution in [-0.4, -0.2) is 40.8 Å². The van der Waals surface area contributed by atoms with Gasteiger partial charge in [0.2, 0.25) is 0 Å². The average molecular weight is 517 g/mol. The lowest BCUT2D eigenvalue weighted by Gasteiger charge is -2.33. The zero-order chi connectivity index (χ0) is 15.6. The maximum Gasteiger partial charge on any atom is 0.329 e. The molecule has 0 bridgehead atoms. The molecule has 8 heteroatoms. The average Bonchev–Trinajstić information content (AvgIpc) is 2.43. The van der Waals surface area contributed by atoms with E-state index in [1.807, 2.05) is 45.2 Å². The minimum Gasteiger partial charge on any atom is -0.506 e. The van der Waals surface area contributed by atoms with E-state index in [0.29, 0.717) is 3.57 Å². The number of rotatable bonds is 3. The van der Waals surface area contributed by atoms with Crippen LogP contribution in [0.3, 0.4) is 0 Å². The number of hydrogen-bond acceptors (Lipinski definition) is 4. The van der Waals surface area contributed by atoms with E-state index in [1.165, 1.54) is 6.07 Å². The van der Waals surface area contributed by atoms with Gasteiger partial charge >= 0.3 is 5.97 Å². The minimum absolute atomic E-state index is 0.0819. The van der Waals surface area contributed by atoms with Crippen LogP contribution in [0, 0.1) is 7.14 Å². The second-order valence-corrected chi connectivity index (χ2v) is 7.15. The maximum absolute atomic E-state index is 12.4. The molecule has 0 unspecified atom stereocenters. The predicted octanol–water partition coefficient (Wildman–Crippen LogP) is 1.97. The molecule has 0 radical (unpaired) electrons. The van der Waals surface area contributed by atoms with Gasteiger partial charge in [-0.3, -0.25) is 4.79 Å². The summed E-state index contributed by atoms with van der Waals surface area (Å²) in [6, 6.07) is 3.26. The van der Waals surface area contributed by atoms with Gasteiger partial charge in [0.15, 0.2) is 0 Å². The highest BCUT2D eigenvalue weighted by Gasteiger charge is 2.42. The molecule has 1 aromatic carbocycles. The molecule has 0 spiro atoms. The largest absolute Gasteiger partial charge is 0.506 e. The van der Waals surface area contributed by atoms with E-state index >= 15 is 0 Å². The van der Waals surface area contributed by atoms with Crippen molar-refractivity contribution in [3.8, 4) is 5.75 Å². The molecule has 1 fully saturated rings. The standard InChI is InChI=1S/C13H13I2NO5/c14-7-5-8(10(17)9(15)6-7)11(18)16-13(12(19)20)1-3-21-4-2-13/h5-6,17H,1-4H2,(H,16,18)(H,19,20). The topological polar surface area (TPSA) is 95.9 Å². The fraction of sp³-hybridized carbons (Fsp3) is 0.385. The Morgan fingerprint density at radius 2 is 1.86 bits per heavy atom. The second-order valence-electron chi connectivity index (χ2n) is 4.74. The van der Waals surface area contributed by atoms with Gasteiger partial charge in [0, 0.05) is 29.6 Å². The first-order valence-corrected chi connectivity index (χ1v) is 8.33. The lowest BCUT2D eigenvalue weighted by atomic mass is 9.89. The van der Waals surface area contributed by atoms with Crippen molar-refractivity contribution >= 4 is 57.1 Å². The monoisotopic (exact) mass is 517 g/mol. The van der Waals surface area contributed by atoms with Crippen LogP contribution in [-0.2, 0) is 9.53 Å².